The van der Waals surface area contributed by atoms with Gasteiger partial charge in [-0.15, -0.1) is 0 Å². The van der Waals surface area contributed by atoms with Crippen molar-refractivity contribution < 1.29 is 14.2 Å². The molecule has 3 rings (SSSR count). The van der Waals surface area contributed by atoms with Crippen molar-refractivity contribution in [3.63, 3.8) is 0 Å². The molecule has 0 bridgehead atoms. The molecule has 4 heteroatoms. The molecule has 1 aliphatic heterocycles. The molecule has 2 aromatic rings. The van der Waals surface area contributed by atoms with Gasteiger partial charge in [0.2, 0.25) is 0 Å². The molecule has 122 valence electrons. The summed E-state index contributed by atoms with van der Waals surface area (Å²) in [6.45, 7) is 4.60. The van der Waals surface area contributed by atoms with Gasteiger partial charge in [0, 0.05) is 19.6 Å². The lowest BCUT2D eigenvalue weighted by atomic mass is 10.0. The zero-order valence-electron chi connectivity index (χ0n) is 13.3. The van der Waals surface area contributed by atoms with Gasteiger partial charge in [0.15, 0.2) is 0 Å². The zero-order valence-corrected chi connectivity index (χ0v) is 13.3. The number of hydrogen-bond donors (Lipinski definition) is 1. The van der Waals surface area contributed by atoms with Gasteiger partial charge < -0.3 is 9.84 Å². The van der Waals surface area contributed by atoms with E-state index in [1.807, 2.05) is 37.3 Å². The Balaban J connectivity index is 1.63. The van der Waals surface area contributed by atoms with Crippen LogP contribution in [0.1, 0.15) is 28.9 Å². The number of aryl methyl sites for hydroxylation is 1. The van der Waals surface area contributed by atoms with Crippen molar-refractivity contribution in [2.75, 3.05) is 26.2 Å². The minimum absolute atomic E-state index is 0.148. The first-order valence-corrected chi connectivity index (χ1v) is 7.96. The maximum Gasteiger partial charge on any atom is 0.123 e. The lowest BCUT2D eigenvalue weighted by Gasteiger charge is -2.34. The van der Waals surface area contributed by atoms with Crippen LogP contribution in [0.25, 0.3) is 0 Å². The lowest BCUT2D eigenvalue weighted by Crippen LogP contribution is -2.40. The number of ether oxygens (including phenoxy) is 1. The second-order valence-corrected chi connectivity index (χ2v) is 6.10. The summed E-state index contributed by atoms with van der Waals surface area (Å²) in [6.07, 6.45) is -0.675. The molecule has 1 saturated heterocycles. The fourth-order valence-corrected chi connectivity index (χ4v) is 2.92. The molecule has 1 aliphatic rings. The SMILES string of the molecule is Cc1ccc(C(O)CN2CCOC(c3cccc(F)c3)C2)cc1. The molecular formula is C19H22FNO2. The molecule has 0 radical (unpaired) electrons. The van der Waals surface area contributed by atoms with Crippen molar-refractivity contribution in [2.45, 2.75) is 19.1 Å². The summed E-state index contributed by atoms with van der Waals surface area (Å²) in [5.74, 6) is -0.247. The second kappa shape index (κ2) is 7.21. The van der Waals surface area contributed by atoms with Gasteiger partial charge in [-0.25, -0.2) is 4.39 Å². The monoisotopic (exact) mass is 315 g/mol. The van der Waals surface area contributed by atoms with Gasteiger partial charge in [-0.1, -0.05) is 42.0 Å². The maximum absolute atomic E-state index is 13.4. The van der Waals surface area contributed by atoms with Crippen LogP contribution in [0.4, 0.5) is 4.39 Å². The van der Waals surface area contributed by atoms with Crippen LogP contribution in [-0.4, -0.2) is 36.2 Å². The molecule has 2 unspecified atom stereocenters. The standard InChI is InChI=1S/C19H22FNO2/c1-14-5-7-15(8-6-14)18(22)12-21-9-10-23-19(13-21)16-3-2-4-17(20)11-16/h2-8,11,18-19,22H,9-10,12-13H2,1H3. The summed E-state index contributed by atoms with van der Waals surface area (Å²) < 4.78 is 19.1. The van der Waals surface area contributed by atoms with E-state index in [2.05, 4.69) is 4.90 Å². The first-order chi connectivity index (χ1) is 11.1. The van der Waals surface area contributed by atoms with Crippen LogP contribution in [0.3, 0.4) is 0 Å². The minimum atomic E-state index is -0.526. The number of aliphatic hydroxyl groups excluding tert-OH is 1. The van der Waals surface area contributed by atoms with E-state index in [1.165, 1.54) is 17.7 Å². The highest BCUT2D eigenvalue weighted by Crippen LogP contribution is 2.24. The van der Waals surface area contributed by atoms with Gasteiger partial charge in [-0.2, -0.15) is 0 Å². The fourth-order valence-electron chi connectivity index (χ4n) is 2.92. The summed E-state index contributed by atoms with van der Waals surface area (Å²) in [5, 5.41) is 10.4. The average Bonchev–Trinajstić information content (AvgIpc) is 2.56. The number of β-amino-alcohol motifs (C(OH)–C–C–N with tert-alkyl or cyclic N) is 1. The van der Waals surface area contributed by atoms with Crippen LogP contribution in [0.5, 0.6) is 0 Å². The van der Waals surface area contributed by atoms with E-state index in [0.717, 1.165) is 17.7 Å². The smallest absolute Gasteiger partial charge is 0.123 e. The van der Waals surface area contributed by atoms with E-state index in [1.54, 1.807) is 6.07 Å². The number of aliphatic hydroxyl groups is 1. The Bertz CT molecular complexity index is 644. The Kier molecular flexibility index (Phi) is 5.06. The first kappa shape index (κ1) is 16.1. The molecule has 1 fully saturated rings. The number of benzene rings is 2. The summed E-state index contributed by atoms with van der Waals surface area (Å²) in [4.78, 5) is 2.17. The van der Waals surface area contributed by atoms with Crippen LogP contribution >= 0.6 is 0 Å². The Hall–Kier alpha value is -1.75. The Labute approximate surface area is 136 Å². The lowest BCUT2D eigenvalue weighted by molar-refractivity contribution is -0.0425. The van der Waals surface area contributed by atoms with Crippen LogP contribution in [-0.2, 0) is 4.74 Å². The van der Waals surface area contributed by atoms with Gasteiger partial charge >= 0.3 is 0 Å². The van der Waals surface area contributed by atoms with Crippen molar-refractivity contribution in [3.05, 3.63) is 71.0 Å². The van der Waals surface area contributed by atoms with Gasteiger partial charge in [0.25, 0.3) is 0 Å². The van der Waals surface area contributed by atoms with E-state index >= 15 is 0 Å². The second-order valence-electron chi connectivity index (χ2n) is 6.10. The highest BCUT2D eigenvalue weighted by Gasteiger charge is 2.24. The van der Waals surface area contributed by atoms with Gasteiger partial charge in [-0.05, 0) is 30.2 Å². The largest absolute Gasteiger partial charge is 0.387 e. The Morgan fingerprint density at radius 1 is 1.26 bits per heavy atom. The van der Waals surface area contributed by atoms with E-state index in [9.17, 15) is 9.50 Å². The number of nitrogens with zero attached hydrogens (tertiary/aromatic N) is 1. The number of morpholine rings is 1. The molecule has 2 aromatic carbocycles. The van der Waals surface area contributed by atoms with Crippen molar-refractivity contribution in [1.82, 2.24) is 4.90 Å². The van der Waals surface area contributed by atoms with Crippen molar-refractivity contribution >= 4 is 0 Å². The number of halogens is 1. The highest BCUT2D eigenvalue weighted by atomic mass is 19.1. The third kappa shape index (κ3) is 4.16. The van der Waals surface area contributed by atoms with E-state index in [4.69, 9.17) is 4.74 Å². The molecule has 1 heterocycles. The van der Waals surface area contributed by atoms with Crippen molar-refractivity contribution in [2.24, 2.45) is 0 Å². The molecule has 2 atom stereocenters. The molecule has 0 saturated carbocycles. The molecule has 23 heavy (non-hydrogen) atoms. The topological polar surface area (TPSA) is 32.7 Å². The summed E-state index contributed by atoms with van der Waals surface area (Å²) in [6, 6.07) is 14.5. The normalized spacial score (nSPS) is 20.4. The molecule has 0 amide bonds. The quantitative estimate of drug-likeness (QED) is 0.940. The van der Waals surface area contributed by atoms with Crippen molar-refractivity contribution in [1.29, 1.82) is 0 Å². The van der Waals surface area contributed by atoms with Crippen LogP contribution < -0.4 is 0 Å². The minimum Gasteiger partial charge on any atom is -0.387 e. The van der Waals surface area contributed by atoms with Gasteiger partial charge in [0.1, 0.15) is 5.82 Å². The molecule has 1 N–H and O–H groups in total. The zero-order chi connectivity index (χ0) is 16.2. The predicted octanol–water partition coefficient (Wildman–Crippen LogP) is 3.24. The molecule has 3 nitrogen and oxygen atoms in total. The first-order valence-electron chi connectivity index (χ1n) is 7.96. The predicted molar refractivity (Wildman–Crippen MR) is 87.7 cm³/mol. The average molecular weight is 315 g/mol. The third-order valence-electron chi connectivity index (χ3n) is 4.26. The van der Waals surface area contributed by atoms with E-state index in [-0.39, 0.29) is 11.9 Å². The Morgan fingerprint density at radius 2 is 2.04 bits per heavy atom. The van der Waals surface area contributed by atoms with Crippen LogP contribution in [0.15, 0.2) is 48.5 Å². The number of hydrogen-bond acceptors (Lipinski definition) is 3. The summed E-state index contributed by atoms with van der Waals surface area (Å²) in [5.41, 5.74) is 2.95. The van der Waals surface area contributed by atoms with Gasteiger partial charge in [0.05, 0.1) is 18.8 Å². The number of rotatable bonds is 4. The van der Waals surface area contributed by atoms with E-state index in [0.29, 0.717) is 19.7 Å². The van der Waals surface area contributed by atoms with Crippen molar-refractivity contribution in [3.8, 4) is 0 Å². The summed E-state index contributed by atoms with van der Waals surface area (Å²) >= 11 is 0. The summed E-state index contributed by atoms with van der Waals surface area (Å²) in [7, 11) is 0. The van der Waals surface area contributed by atoms with Crippen LogP contribution in [0, 0.1) is 12.7 Å². The molecule has 0 aromatic heterocycles. The van der Waals surface area contributed by atoms with E-state index < -0.39 is 6.10 Å². The maximum atomic E-state index is 13.4. The molecule has 0 aliphatic carbocycles. The molecule has 0 spiro atoms. The third-order valence-corrected chi connectivity index (χ3v) is 4.26. The van der Waals surface area contributed by atoms with Gasteiger partial charge in [-0.3, -0.25) is 4.90 Å². The van der Waals surface area contributed by atoms with Crippen LogP contribution in [0.2, 0.25) is 0 Å². The highest BCUT2D eigenvalue weighted by molar-refractivity contribution is 5.23. The molecular weight excluding hydrogens is 293 g/mol. The fraction of sp³-hybridized carbons (Fsp3) is 0.368. The Morgan fingerprint density at radius 3 is 2.78 bits per heavy atom.